The van der Waals surface area contributed by atoms with Gasteiger partial charge in [-0.25, -0.2) is 4.98 Å². The number of nitriles is 1. The molecule has 4 rings (SSSR count). The molecule has 1 aliphatic carbocycles. The van der Waals surface area contributed by atoms with E-state index in [9.17, 15) is 10.2 Å². The van der Waals surface area contributed by atoms with Crippen LogP contribution in [0.3, 0.4) is 0 Å². The predicted octanol–water partition coefficient (Wildman–Crippen LogP) is 3.94. The molecule has 1 heterocycles. The Labute approximate surface area is 200 Å². The maximum atomic E-state index is 9.85. The molecule has 2 atom stereocenters. The number of imidazole rings is 1. The van der Waals surface area contributed by atoms with Crippen molar-refractivity contribution in [1.29, 1.82) is 5.26 Å². The summed E-state index contributed by atoms with van der Waals surface area (Å²) in [6.45, 7) is 2.26. The number of aliphatic hydroxyl groups excluding tert-OH is 2. The smallest absolute Gasteiger partial charge is 0.138 e. The van der Waals surface area contributed by atoms with Gasteiger partial charge in [-0.3, -0.25) is 0 Å². The average Bonchev–Trinajstić information content (AvgIpc) is 3.32. The van der Waals surface area contributed by atoms with Gasteiger partial charge in [0.2, 0.25) is 0 Å². The SMILES string of the molecule is C[C@H](O)c1nccn1C(C#Cc1ccc(-c2ccc(C3CC(NCCC#N)C3)cc2)cc1)CO. The third-order valence-corrected chi connectivity index (χ3v) is 6.37. The van der Waals surface area contributed by atoms with E-state index in [0.29, 0.717) is 24.2 Å². The summed E-state index contributed by atoms with van der Waals surface area (Å²) in [5, 5.41) is 31.7. The molecule has 2 aromatic carbocycles. The lowest BCUT2D eigenvalue weighted by Gasteiger charge is -2.36. The fourth-order valence-electron chi connectivity index (χ4n) is 4.36. The maximum absolute atomic E-state index is 9.85. The van der Waals surface area contributed by atoms with Crippen LogP contribution in [0.5, 0.6) is 0 Å². The number of nitrogens with zero attached hydrogens (tertiary/aromatic N) is 3. The number of hydrogen-bond donors (Lipinski definition) is 3. The standard InChI is InChI=1S/C28H30N4O2/c1-20(34)28-31-15-16-32(28)27(19-33)12-5-21-3-6-22(7-4-21)23-8-10-24(11-9-23)25-17-26(18-25)30-14-2-13-29/h3-4,6-11,15-16,20,25-27,30,33-34H,2,14,17-19H2,1H3/t20-,25?,26?,27?/m0/s1. The maximum Gasteiger partial charge on any atom is 0.138 e. The lowest BCUT2D eigenvalue weighted by atomic mass is 9.75. The Morgan fingerprint density at radius 1 is 1.12 bits per heavy atom. The largest absolute Gasteiger partial charge is 0.393 e. The van der Waals surface area contributed by atoms with Crippen molar-refractivity contribution >= 4 is 0 Å². The summed E-state index contributed by atoms with van der Waals surface area (Å²) in [7, 11) is 0. The van der Waals surface area contributed by atoms with Crippen LogP contribution in [0.15, 0.2) is 60.9 Å². The fraction of sp³-hybridized carbons (Fsp3) is 0.357. The van der Waals surface area contributed by atoms with E-state index < -0.39 is 12.1 Å². The first kappa shape index (κ1) is 23.7. The average molecular weight is 455 g/mol. The molecule has 1 aliphatic rings. The van der Waals surface area contributed by atoms with Crippen LogP contribution in [0, 0.1) is 23.2 Å². The monoisotopic (exact) mass is 454 g/mol. The van der Waals surface area contributed by atoms with Gasteiger partial charge in [0.15, 0.2) is 0 Å². The van der Waals surface area contributed by atoms with Gasteiger partial charge in [0.05, 0.1) is 12.7 Å². The summed E-state index contributed by atoms with van der Waals surface area (Å²) < 4.78 is 1.71. The van der Waals surface area contributed by atoms with Crippen LogP contribution in [0.25, 0.3) is 11.1 Å². The van der Waals surface area contributed by atoms with E-state index in [-0.39, 0.29) is 6.61 Å². The highest BCUT2D eigenvalue weighted by atomic mass is 16.3. The van der Waals surface area contributed by atoms with Crippen LogP contribution in [0.2, 0.25) is 0 Å². The molecule has 0 bridgehead atoms. The van der Waals surface area contributed by atoms with Crippen molar-refractivity contribution in [2.45, 2.75) is 50.3 Å². The first-order valence-corrected chi connectivity index (χ1v) is 11.7. The molecule has 1 saturated carbocycles. The summed E-state index contributed by atoms with van der Waals surface area (Å²) >= 11 is 0. The van der Waals surface area contributed by atoms with Crippen molar-refractivity contribution in [3.05, 3.63) is 77.9 Å². The highest BCUT2D eigenvalue weighted by molar-refractivity contribution is 5.64. The van der Waals surface area contributed by atoms with Crippen molar-refractivity contribution in [1.82, 2.24) is 14.9 Å². The van der Waals surface area contributed by atoms with Crippen LogP contribution >= 0.6 is 0 Å². The molecule has 3 aromatic rings. The summed E-state index contributed by atoms with van der Waals surface area (Å²) in [6.07, 6.45) is 5.42. The minimum absolute atomic E-state index is 0.162. The van der Waals surface area contributed by atoms with E-state index in [1.54, 1.807) is 23.9 Å². The third-order valence-electron chi connectivity index (χ3n) is 6.37. The van der Waals surface area contributed by atoms with Crippen LogP contribution in [-0.4, -0.2) is 39.0 Å². The number of aliphatic hydroxyl groups is 2. The Bertz CT molecular complexity index is 1170. The zero-order valence-electron chi connectivity index (χ0n) is 19.4. The molecule has 1 fully saturated rings. The molecule has 6 nitrogen and oxygen atoms in total. The predicted molar refractivity (Wildman–Crippen MR) is 132 cm³/mol. The van der Waals surface area contributed by atoms with Crippen molar-refractivity contribution in [2.75, 3.05) is 13.2 Å². The van der Waals surface area contributed by atoms with E-state index in [2.05, 4.69) is 64.6 Å². The Morgan fingerprint density at radius 2 is 1.79 bits per heavy atom. The second kappa shape index (κ2) is 11.1. The van der Waals surface area contributed by atoms with Crippen molar-refractivity contribution < 1.29 is 10.2 Å². The van der Waals surface area contributed by atoms with E-state index in [0.717, 1.165) is 30.5 Å². The lowest BCUT2D eigenvalue weighted by molar-refractivity contribution is 0.176. The molecule has 174 valence electrons. The molecule has 0 radical (unpaired) electrons. The first-order chi connectivity index (χ1) is 16.6. The number of rotatable bonds is 8. The lowest BCUT2D eigenvalue weighted by Crippen LogP contribution is -2.40. The zero-order chi connectivity index (χ0) is 23.9. The van der Waals surface area contributed by atoms with Gasteiger partial charge in [-0.15, -0.1) is 0 Å². The van der Waals surface area contributed by atoms with Gasteiger partial charge in [0, 0.05) is 37.0 Å². The molecule has 3 N–H and O–H groups in total. The number of hydrogen-bond acceptors (Lipinski definition) is 5. The summed E-state index contributed by atoms with van der Waals surface area (Å²) in [5.74, 6) is 7.29. The van der Waals surface area contributed by atoms with Gasteiger partial charge < -0.3 is 20.1 Å². The van der Waals surface area contributed by atoms with E-state index in [1.807, 2.05) is 12.1 Å². The summed E-state index contributed by atoms with van der Waals surface area (Å²) in [5.41, 5.74) is 4.53. The van der Waals surface area contributed by atoms with Crippen molar-refractivity contribution in [2.24, 2.45) is 0 Å². The van der Waals surface area contributed by atoms with Gasteiger partial charge in [-0.2, -0.15) is 5.26 Å². The normalized spacial score (nSPS) is 18.8. The molecule has 1 aromatic heterocycles. The Kier molecular flexibility index (Phi) is 7.77. The van der Waals surface area contributed by atoms with E-state index >= 15 is 0 Å². The van der Waals surface area contributed by atoms with Gasteiger partial charge in [-0.05, 0) is 54.5 Å². The second-order valence-electron chi connectivity index (χ2n) is 8.76. The van der Waals surface area contributed by atoms with E-state index in [1.165, 1.54) is 11.1 Å². The molecule has 0 saturated heterocycles. The van der Waals surface area contributed by atoms with Crippen LogP contribution in [-0.2, 0) is 0 Å². The van der Waals surface area contributed by atoms with Crippen LogP contribution in [0.1, 0.15) is 61.2 Å². The minimum atomic E-state index is -0.728. The quantitative estimate of drug-likeness (QED) is 0.354. The Morgan fingerprint density at radius 3 is 2.41 bits per heavy atom. The van der Waals surface area contributed by atoms with Gasteiger partial charge in [0.1, 0.15) is 18.0 Å². The molecular formula is C28H30N4O2. The van der Waals surface area contributed by atoms with Gasteiger partial charge in [-0.1, -0.05) is 48.2 Å². The second-order valence-corrected chi connectivity index (χ2v) is 8.76. The van der Waals surface area contributed by atoms with Crippen LogP contribution in [0.4, 0.5) is 0 Å². The van der Waals surface area contributed by atoms with Crippen molar-refractivity contribution in [3.63, 3.8) is 0 Å². The topological polar surface area (TPSA) is 94.1 Å². The molecule has 0 amide bonds. The molecule has 6 heteroatoms. The Balaban J connectivity index is 1.37. The van der Waals surface area contributed by atoms with Crippen LogP contribution < -0.4 is 5.32 Å². The number of aromatic nitrogens is 2. The molecule has 1 unspecified atom stereocenters. The Hall–Kier alpha value is -3.42. The van der Waals surface area contributed by atoms with Crippen molar-refractivity contribution in [3.8, 4) is 29.0 Å². The third kappa shape index (κ3) is 5.55. The highest BCUT2D eigenvalue weighted by Crippen LogP contribution is 2.37. The summed E-state index contributed by atoms with van der Waals surface area (Å²) in [6, 6.07) is 19.1. The van der Waals surface area contributed by atoms with Gasteiger partial charge in [0.25, 0.3) is 0 Å². The number of benzene rings is 2. The first-order valence-electron chi connectivity index (χ1n) is 11.7. The molecule has 34 heavy (non-hydrogen) atoms. The van der Waals surface area contributed by atoms with E-state index in [4.69, 9.17) is 5.26 Å². The fourth-order valence-corrected chi connectivity index (χ4v) is 4.36. The minimum Gasteiger partial charge on any atom is -0.393 e. The molecule has 0 spiro atoms. The number of nitrogens with one attached hydrogen (secondary N) is 1. The van der Waals surface area contributed by atoms with Gasteiger partial charge >= 0.3 is 0 Å². The summed E-state index contributed by atoms with van der Waals surface area (Å²) in [4.78, 5) is 4.15. The molecular weight excluding hydrogens is 424 g/mol. The highest BCUT2D eigenvalue weighted by Gasteiger charge is 2.29. The zero-order valence-corrected chi connectivity index (χ0v) is 19.4. The molecule has 0 aliphatic heterocycles.